The molecule has 62 heavy (non-hydrogen) atoms. The van der Waals surface area contributed by atoms with Crippen molar-refractivity contribution in [2.75, 3.05) is 9.80 Å². The zero-order chi connectivity index (χ0) is 43.1. The minimum Gasteiger partial charge on any atom is -0.319 e. The van der Waals surface area contributed by atoms with Crippen LogP contribution in [0.1, 0.15) is 79.0 Å². The molecular weight excluding hydrogens is 749 g/mol. The zero-order valence-corrected chi connectivity index (χ0v) is 37.7. The van der Waals surface area contributed by atoms with Gasteiger partial charge in [-0.25, -0.2) is 0 Å². The number of aromatic nitrogens is 1. The van der Waals surface area contributed by atoms with E-state index in [0.717, 1.165) is 17.1 Å². The molecule has 0 fully saturated rings. The maximum absolute atomic E-state index is 2.62. The van der Waals surface area contributed by atoms with E-state index >= 15 is 0 Å². The Kier molecular flexibility index (Phi) is 9.30. The summed E-state index contributed by atoms with van der Waals surface area (Å²) in [7, 11) is 0. The number of anilines is 6. The summed E-state index contributed by atoms with van der Waals surface area (Å²) in [6.07, 6.45) is 0. The molecular formula is C58H56BN3. The molecule has 3 nitrogen and oxygen atoms in total. The molecule has 10 rings (SSSR count). The van der Waals surface area contributed by atoms with Crippen LogP contribution < -0.4 is 26.3 Å². The standard InChI is InChI=1S/C58H56BN3/c1-56(2,3)41-29-33-45(34-30-41)60-48-28-20-19-27-47(48)59-52-49(60)37-43(58(7,8)9)38-50(52)61(46-35-31-42(32-36-46)57(4,5)6)54-51(39-21-13-10-14-22-39)53(40-23-15-11-16-24-40)62(55(54)59)44-25-17-12-18-26-44/h10-38H,1-9H3. The van der Waals surface area contributed by atoms with Gasteiger partial charge in [-0.15, -0.1) is 0 Å². The van der Waals surface area contributed by atoms with Gasteiger partial charge in [0.15, 0.2) is 0 Å². The van der Waals surface area contributed by atoms with Crippen LogP contribution in [-0.4, -0.2) is 11.3 Å². The summed E-state index contributed by atoms with van der Waals surface area (Å²) < 4.78 is 2.60. The molecule has 0 aliphatic carbocycles. The maximum atomic E-state index is 2.62. The first kappa shape index (κ1) is 39.6. The van der Waals surface area contributed by atoms with Gasteiger partial charge in [-0.3, -0.25) is 0 Å². The van der Waals surface area contributed by atoms with Crippen molar-refractivity contribution >= 4 is 57.4 Å². The topological polar surface area (TPSA) is 11.4 Å². The van der Waals surface area contributed by atoms with E-state index in [1.54, 1.807) is 0 Å². The summed E-state index contributed by atoms with van der Waals surface area (Å²) in [5, 5.41) is 0. The molecule has 2 aliphatic rings. The number of rotatable bonds is 5. The van der Waals surface area contributed by atoms with Crippen LogP contribution in [0.15, 0.2) is 176 Å². The molecule has 0 saturated heterocycles. The largest absolute Gasteiger partial charge is 0.319 e. The molecule has 1 aromatic heterocycles. The van der Waals surface area contributed by atoms with Gasteiger partial charge in [0.1, 0.15) is 0 Å². The molecule has 0 saturated carbocycles. The number of benzene rings is 7. The Morgan fingerprint density at radius 1 is 0.387 bits per heavy atom. The lowest BCUT2D eigenvalue weighted by Gasteiger charge is -2.45. The molecule has 4 heteroatoms. The normalized spacial score (nSPS) is 13.5. The third-order valence-electron chi connectivity index (χ3n) is 13.0. The van der Waals surface area contributed by atoms with Crippen molar-refractivity contribution in [1.82, 2.24) is 4.57 Å². The fourth-order valence-corrected chi connectivity index (χ4v) is 9.78. The van der Waals surface area contributed by atoms with Crippen molar-refractivity contribution in [3.05, 3.63) is 193 Å². The number of nitrogens with zero attached hydrogens (tertiary/aromatic N) is 3. The van der Waals surface area contributed by atoms with Gasteiger partial charge >= 0.3 is 0 Å². The molecule has 8 aromatic rings. The summed E-state index contributed by atoms with van der Waals surface area (Å²) in [6, 6.07) is 66.1. The summed E-state index contributed by atoms with van der Waals surface area (Å²) in [5.74, 6) is 0. The van der Waals surface area contributed by atoms with Gasteiger partial charge in [-0.1, -0.05) is 184 Å². The van der Waals surface area contributed by atoms with Gasteiger partial charge < -0.3 is 14.4 Å². The molecule has 0 radical (unpaired) electrons. The predicted octanol–water partition coefficient (Wildman–Crippen LogP) is 13.8. The van der Waals surface area contributed by atoms with Crippen molar-refractivity contribution in [1.29, 1.82) is 0 Å². The summed E-state index contributed by atoms with van der Waals surface area (Å²) in [5.41, 5.74) is 20.9. The number of fused-ring (bicyclic) bond motifs is 4. The van der Waals surface area contributed by atoms with Gasteiger partial charge in [0.25, 0.3) is 6.71 Å². The van der Waals surface area contributed by atoms with Crippen molar-refractivity contribution in [3.8, 4) is 28.1 Å². The number of hydrogen-bond donors (Lipinski definition) is 0. The molecule has 2 aliphatic heterocycles. The molecule has 7 aromatic carbocycles. The second kappa shape index (κ2) is 14.6. The van der Waals surface area contributed by atoms with Crippen LogP contribution in [0.25, 0.3) is 28.1 Å². The van der Waals surface area contributed by atoms with Crippen molar-refractivity contribution < 1.29 is 0 Å². The van der Waals surface area contributed by atoms with E-state index in [4.69, 9.17) is 0 Å². The zero-order valence-electron chi connectivity index (χ0n) is 37.7. The predicted molar refractivity (Wildman–Crippen MR) is 267 cm³/mol. The van der Waals surface area contributed by atoms with Gasteiger partial charge in [-0.05, 0) is 110 Å². The van der Waals surface area contributed by atoms with Gasteiger partial charge in [-0.2, -0.15) is 0 Å². The smallest absolute Gasteiger partial charge is 0.273 e. The Hall–Kier alpha value is -6.52. The fraction of sp³-hybridized carbons (Fsp3) is 0.207. The van der Waals surface area contributed by atoms with Crippen LogP contribution in [0.4, 0.5) is 34.1 Å². The van der Waals surface area contributed by atoms with Crippen LogP contribution in [-0.2, 0) is 16.2 Å². The molecule has 0 atom stereocenters. The first-order valence-corrected chi connectivity index (χ1v) is 22.2. The molecule has 0 N–H and O–H groups in total. The molecule has 0 unspecified atom stereocenters. The Morgan fingerprint density at radius 3 is 1.37 bits per heavy atom. The Bertz CT molecular complexity index is 2930. The van der Waals surface area contributed by atoms with E-state index in [1.165, 1.54) is 78.3 Å². The molecule has 306 valence electrons. The van der Waals surface area contributed by atoms with Crippen LogP contribution in [0.5, 0.6) is 0 Å². The van der Waals surface area contributed by atoms with Crippen LogP contribution in [0.2, 0.25) is 0 Å². The summed E-state index contributed by atoms with van der Waals surface area (Å²) in [4.78, 5) is 5.17. The molecule has 0 spiro atoms. The van der Waals surface area contributed by atoms with Gasteiger partial charge in [0, 0.05) is 45.3 Å². The van der Waals surface area contributed by atoms with Crippen molar-refractivity contribution in [2.24, 2.45) is 0 Å². The minimum absolute atomic E-state index is 0.0149. The monoisotopic (exact) mass is 805 g/mol. The highest BCUT2D eigenvalue weighted by Crippen LogP contribution is 2.52. The van der Waals surface area contributed by atoms with Crippen LogP contribution >= 0.6 is 0 Å². The highest BCUT2D eigenvalue weighted by Gasteiger charge is 2.48. The molecule has 0 amide bonds. The Morgan fingerprint density at radius 2 is 0.839 bits per heavy atom. The summed E-state index contributed by atoms with van der Waals surface area (Å²) in [6.45, 7) is 20.7. The Labute approximate surface area is 369 Å². The average Bonchev–Trinajstić information content (AvgIpc) is 3.62. The lowest BCUT2D eigenvalue weighted by Crippen LogP contribution is -2.63. The van der Waals surface area contributed by atoms with Crippen molar-refractivity contribution in [3.63, 3.8) is 0 Å². The minimum atomic E-state index is -0.130. The number of hydrogen-bond acceptors (Lipinski definition) is 2. The highest BCUT2D eigenvalue weighted by molar-refractivity contribution is 7.00. The molecule has 0 bridgehead atoms. The van der Waals surface area contributed by atoms with Crippen LogP contribution in [0.3, 0.4) is 0 Å². The fourth-order valence-electron chi connectivity index (χ4n) is 9.78. The van der Waals surface area contributed by atoms with E-state index in [1.807, 2.05) is 0 Å². The quantitative estimate of drug-likeness (QED) is 0.161. The number of para-hydroxylation sites is 2. The first-order valence-electron chi connectivity index (χ1n) is 22.2. The van der Waals surface area contributed by atoms with Gasteiger partial charge in [0.05, 0.1) is 11.4 Å². The summed E-state index contributed by atoms with van der Waals surface area (Å²) >= 11 is 0. The first-order chi connectivity index (χ1) is 29.7. The third-order valence-corrected chi connectivity index (χ3v) is 13.0. The second-order valence-electron chi connectivity index (χ2n) is 20.3. The second-order valence-corrected chi connectivity index (χ2v) is 20.3. The van der Waals surface area contributed by atoms with E-state index in [9.17, 15) is 0 Å². The average molecular weight is 806 g/mol. The SMILES string of the molecule is CC(C)(C)c1ccc(N2c3ccccc3B3c4c2cc(C(C)(C)C)cc4N(c2ccc(C(C)(C)C)cc2)c2c(-c4ccccc4)c(-c4ccccc4)n(-c4ccccc4)c23)cc1. The van der Waals surface area contributed by atoms with Gasteiger partial charge in [0.2, 0.25) is 0 Å². The van der Waals surface area contributed by atoms with Crippen LogP contribution in [0, 0.1) is 0 Å². The Balaban J connectivity index is 1.41. The highest BCUT2D eigenvalue weighted by atomic mass is 15.2. The van der Waals surface area contributed by atoms with E-state index in [-0.39, 0.29) is 23.0 Å². The maximum Gasteiger partial charge on any atom is 0.273 e. The van der Waals surface area contributed by atoms with Crippen molar-refractivity contribution in [2.45, 2.75) is 78.6 Å². The van der Waals surface area contributed by atoms with E-state index < -0.39 is 0 Å². The lowest BCUT2D eigenvalue weighted by molar-refractivity contribution is 0.590. The van der Waals surface area contributed by atoms with E-state index in [0.29, 0.717) is 0 Å². The lowest BCUT2D eigenvalue weighted by atomic mass is 9.34. The van der Waals surface area contributed by atoms with E-state index in [2.05, 4.69) is 253 Å². The molecule has 3 heterocycles. The third kappa shape index (κ3) is 6.51.